The van der Waals surface area contributed by atoms with E-state index in [-0.39, 0.29) is 29.3 Å². The fourth-order valence-corrected chi connectivity index (χ4v) is 3.71. The van der Waals surface area contributed by atoms with Crippen LogP contribution in [0, 0.1) is 11.3 Å². The summed E-state index contributed by atoms with van der Waals surface area (Å²) >= 11 is 0. The minimum atomic E-state index is -3.73. The summed E-state index contributed by atoms with van der Waals surface area (Å²) in [5.74, 6) is -0.273. The highest BCUT2D eigenvalue weighted by Gasteiger charge is 2.15. The maximum Gasteiger partial charge on any atom is 0.258 e. The number of nitrogens with one attached hydrogen (secondary N) is 2. The lowest BCUT2D eigenvalue weighted by Gasteiger charge is -2.06. The maximum absolute atomic E-state index is 12.4. The van der Waals surface area contributed by atoms with Gasteiger partial charge in [-0.05, 0) is 36.2 Å². The molecule has 0 bridgehead atoms. The molecule has 2 N–H and O–H groups in total. The number of amides is 1. The van der Waals surface area contributed by atoms with Crippen LogP contribution in [0.1, 0.15) is 29.3 Å². The summed E-state index contributed by atoms with van der Waals surface area (Å²) in [5.41, 5.74) is 2.94. The first kappa shape index (κ1) is 21.2. The molecule has 0 atom stereocenters. The molecule has 1 aromatic heterocycles. The molecule has 9 heteroatoms. The Balaban J connectivity index is 1.66. The number of hydrogen-bond acceptors (Lipinski definition) is 6. The number of anilines is 1. The predicted molar refractivity (Wildman–Crippen MR) is 111 cm³/mol. The van der Waals surface area contributed by atoms with Crippen molar-refractivity contribution in [1.29, 1.82) is 5.26 Å². The molecule has 3 rings (SSSR count). The van der Waals surface area contributed by atoms with Gasteiger partial charge in [0, 0.05) is 30.2 Å². The van der Waals surface area contributed by atoms with E-state index in [9.17, 15) is 13.2 Å². The lowest BCUT2D eigenvalue weighted by atomic mass is 10.1. The Morgan fingerprint density at radius 2 is 1.83 bits per heavy atom. The zero-order valence-electron chi connectivity index (χ0n) is 16.3. The molecule has 0 aliphatic carbocycles. The van der Waals surface area contributed by atoms with Crippen molar-refractivity contribution >= 4 is 21.8 Å². The average Bonchev–Trinajstić information content (AvgIpc) is 3.22. The molecule has 8 nitrogen and oxygen atoms in total. The number of carbonyl (C=O) groups is 1. The van der Waals surface area contributed by atoms with Gasteiger partial charge >= 0.3 is 0 Å². The predicted octanol–water partition coefficient (Wildman–Crippen LogP) is 3.35. The van der Waals surface area contributed by atoms with Crippen molar-refractivity contribution in [2.45, 2.75) is 24.7 Å². The van der Waals surface area contributed by atoms with E-state index in [1.165, 1.54) is 29.8 Å². The summed E-state index contributed by atoms with van der Waals surface area (Å²) in [5, 5.41) is 15.1. The number of aromatic nitrogens is 1. The Morgan fingerprint density at radius 3 is 2.47 bits per heavy atom. The van der Waals surface area contributed by atoms with E-state index in [0.717, 1.165) is 12.0 Å². The Hall–Kier alpha value is -3.48. The van der Waals surface area contributed by atoms with Gasteiger partial charge in [-0.25, -0.2) is 13.1 Å². The molecule has 3 aromatic rings. The molecule has 2 aromatic carbocycles. The van der Waals surface area contributed by atoms with E-state index in [4.69, 9.17) is 9.78 Å². The van der Waals surface area contributed by atoms with Crippen LogP contribution in [0.15, 0.2) is 64.0 Å². The second-order valence-electron chi connectivity index (χ2n) is 6.41. The number of sulfonamides is 1. The number of nitriles is 1. The van der Waals surface area contributed by atoms with Gasteiger partial charge in [-0.15, -0.1) is 0 Å². The highest BCUT2D eigenvalue weighted by Crippen LogP contribution is 2.23. The third kappa shape index (κ3) is 5.11. The first-order chi connectivity index (χ1) is 14.4. The van der Waals surface area contributed by atoms with Crippen LogP contribution in [0.5, 0.6) is 0 Å². The van der Waals surface area contributed by atoms with Gasteiger partial charge in [0.25, 0.3) is 5.91 Å². The molecule has 0 saturated heterocycles. The van der Waals surface area contributed by atoms with E-state index in [2.05, 4.69) is 22.1 Å². The summed E-state index contributed by atoms with van der Waals surface area (Å²) in [7, 11) is -3.73. The zero-order chi connectivity index (χ0) is 21.6. The molecule has 0 aliphatic rings. The van der Waals surface area contributed by atoms with E-state index in [0.29, 0.717) is 5.69 Å². The van der Waals surface area contributed by atoms with E-state index in [1.54, 1.807) is 6.07 Å². The lowest BCUT2D eigenvalue weighted by Crippen LogP contribution is -2.24. The van der Waals surface area contributed by atoms with Gasteiger partial charge in [-0.1, -0.05) is 36.3 Å². The van der Waals surface area contributed by atoms with Crippen molar-refractivity contribution in [3.05, 3.63) is 65.7 Å². The van der Waals surface area contributed by atoms with Crippen molar-refractivity contribution < 1.29 is 17.7 Å². The molecule has 0 unspecified atom stereocenters. The minimum absolute atomic E-state index is 0.00877. The highest BCUT2D eigenvalue weighted by atomic mass is 32.2. The number of aryl methyl sites for hydroxylation is 1. The molecule has 154 valence electrons. The third-order valence-corrected chi connectivity index (χ3v) is 5.84. The summed E-state index contributed by atoms with van der Waals surface area (Å²) < 4.78 is 31.7. The molecular formula is C21H20N4O4S. The van der Waals surface area contributed by atoms with Crippen LogP contribution in [0.3, 0.4) is 0 Å². The summed E-state index contributed by atoms with van der Waals surface area (Å²) in [4.78, 5) is 12.4. The Kier molecular flexibility index (Phi) is 6.61. The molecule has 0 spiro atoms. The third-order valence-electron chi connectivity index (χ3n) is 4.36. The standard InChI is InChI=1S/C21H20N4O4S/c1-2-15-4-6-16(7-5-15)19-14-20(29-25-19)24-21(26)17-8-10-18(11-9-17)30(27,28)23-13-3-12-22/h4-11,14,23H,2-3,13H2,1H3,(H,24,26). The maximum atomic E-state index is 12.4. The molecule has 0 saturated carbocycles. The molecule has 30 heavy (non-hydrogen) atoms. The normalized spacial score (nSPS) is 11.1. The smallest absolute Gasteiger partial charge is 0.258 e. The number of nitrogens with zero attached hydrogens (tertiary/aromatic N) is 2. The minimum Gasteiger partial charge on any atom is -0.338 e. The lowest BCUT2D eigenvalue weighted by molar-refractivity contribution is 0.102. The second kappa shape index (κ2) is 9.35. The van der Waals surface area contributed by atoms with Crippen LogP contribution in [0.25, 0.3) is 11.3 Å². The molecule has 0 radical (unpaired) electrons. The van der Waals surface area contributed by atoms with Crippen molar-refractivity contribution in [1.82, 2.24) is 9.88 Å². The van der Waals surface area contributed by atoms with Crippen molar-refractivity contribution in [2.24, 2.45) is 0 Å². The number of carbonyl (C=O) groups excluding carboxylic acids is 1. The van der Waals surface area contributed by atoms with Crippen LogP contribution >= 0.6 is 0 Å². The van der Waals surface area contributed by atoms with Gasteiger partial charge in [0.15, 0.2) is 0 Å². The summed E-state index contributed by atoms with van der Waals surface area (Å²) in [6.07, 6.45) is 1.01. The van der Waals surface area contributed by atoms with Gasteiger partial charge in [0.2, 0.25) is 15.9 Å². The fraction of sp³-hybridized carbons (Fsp3) is 0.190. The Morgan fingerprint density at radius 1 is 1.13 bits per heavy atom. The Bertz CT molecular complexity index is 1160. The molecule has 1 amide bonds. The molecular weight excluding hydrogens is 404 g/mol. The van der Waals surface area contributed by atoms with Gasteiger partial charge in [-0.2, -0.15) is 5.26 Å². The van der Waals surface area contributed by atoms with E-state index >= 15 is 0 Å². The zero-order valence-corrected chi connectivity index (χ0v) is 17.1. The first-order valence-electron chi connectivity index (χ1n) is 9.27. The summed E-state index contributed by atoms with van der Waals surface area (Å²) in [6, 6.07) is 16.8. The Labute approximate surface area is 174 Å². The van der Waals surface area contributed by atoms with Crippen molar-refractivity contribution in [3.63, 3.8) is 0 Å². The van der Waals surface area contributed by atoms with E-state index < -0.39 is 15.9 Å². The quantitative estimate of drug-likeness (QED) is 0.534. The monoisotopic (exact) mass is 424 g/mol. The van der Waals surface area contributed by atoms with Crippen molar-refractivity contribution in [3.8, 4) is 17.3 Å². The number of hydrogen-bond donors (Lipinski definition) is 2. The largest absolute Gasteiger partial charge is 0.338 e. The average molecular weight is 424 g/mol. The van der Waals surface area contributed by atoms with Gasteiger partial charge in [0.1, 0.15) is 5.69 Å². The molecule has 1 heterocycles. The number of benzene rings is 2. The summed E-state index contributed by atoms with van der Waals surface area (Å²) in [6.45, 7) is 2.10. The van der Waals surface area contributed by atoms with Gasteiger partial charge in [0.05, 0.1) is 11.0 Å². The SMILES string of the molecule is CCc1ccc(-c2cc(NC(=O)c3ccc(S(=O)(=O)NCCC#N)cc3)on2)cc1. The van der Waals surface area contributed by atoms with E-state index in [1.807, 2.05) is 30.3 Å². The van der Waals surface area contributed by atoms with Gasteiger partial charge in [-0.3, -0.25) is 10.1 Å². The first-order valence-corrected chi connectivity index (χ1v) is 10.8. The van der Waals surface area contributed by atoms with Crippen LogP contribution < -0.4 is 10.0 Å². The highest BCUT2D eigenvalue weighted by molar-refractivity contribution is 7.89. The molecule has 0 fully saturated rings. The number of rotatable bonds is 8. The van der Waals surface area contributed by atoms with Crippen LogP contribution in [0.2, 0.25) is 0 Å². The van der Waals surface area contributed by atoms with Crippen LogP contribution in [-0.2, 0) is 16.4 Å². The van der Waals surface area contributed by atoms with Gasteiger partial charge < -0.3 is 4.52 Å². The topological polar surface area (TPSA) is 125 Å². The van der Waals surface area contributed by atoms with Crippen LogP contribution in [-0.4, -0.2) is 26.0 Å². The molecule has 0 aliphatic heterocycles. The van der Waals surface area contributed by atoms with Crippen LogP contribution in [0.4, 0.5) is 5.88 Å². The second-order valence-corrected chi connectivity index (χ2v) is 8.18. The fourth-order valence-electron chi connectivity index (χ4n) is 2.68. The van der Waals surface area contributed by atoms with Crippen molar-refractivity contribution in [2.75, 3.05) is 11.9 Å².